The zero-order chi connectivity index (χ0) is 18.4. The first-order chi connectivity index (χ1) is 12.7. The number of hydrogen-bond donors (Lipinski definition) is 0. The number of ether oxygens (including phenoxy) is 1. The van der Waals surface area contributed by atoms with Gasteiger partial charge >= 0.3 is 0 Å². The third-order valence-corrected chi connectivity index (χ3v) is 4.98. The molecular weight excluding hydrogens is 324 g/mol. The lowest BCUT2D eigenvalue weighted by atomic mass is 10.0. The predicted molar refractivity (Wildman–Crippen MR) is 106 cm³/mol. The van der Waals surface area contributed by atoms with E-state index in [1.165, 1.54) is 16.8 Å². The van der Waals surface area contributed by atoms with E-state index < -0.39 is 0 Å². The van der Waals surface area contributed by atoms with Crippen LogP contribution in [0.4, 0.5) is 5.69 Å². The Labute approximate surface area is 156 Å². The molecule has 1 fully saturated rings. The number of piperazine rings is 1. The quantitative estimate of drug-likeness (QED) is 0.795. The molecule has 1 heterocycles. The summed E-state index contributed by atoms with van der Waals surface area (Å²) in [5.74, 6) is 0.998. The monoisotopic (exact) mass is 352 g/mol. The molecule has 0 spiro atoms. The summed E-state index contributed by atoms with van der Waals surface area (Å²) in [5, 5.41) is 0. The van der Waals surface area contributed by atoms with Crippen molar-refractivity contribution in [3.63, 3.8) is 0 Å². The summed E-state index contributed by atoms with van der Waals surface area (Å²) in [7, 11) is 0. The molecule has 0 atom stereocenters. The van der Waals surface area contributed by atoms with Gasteiger partial charge in [0.05, 0.1) is 13.0 Å². The maximum absolute atomic E-state index is 12.4. The number of amides is 1. The molecule has 4 heteroatoms. The first kappa shape index (κ1) is 18.3. The Hall–Kier alpha value is -2.49. The van der Waals surface area contributed by atoms with E-state index in [0.29, 0.717) is 13.0 Å². The maximum Gasteiger partial charge on any atom is 0.226 e. The van der Waals surface area contributed by atoms with E-state index >= 15 is 0 Å². The van der Waals surface area contributed by atoms with Crippen molar-refractivity contribution in [1.82, 2.24) is 4.90 Å². The highest BCUT2D eigenvalue weighted by molar-refractivity contribution is 5.76. The Morgan fingerprint density at radius 2 is 1.73 bits per heavy atom. The number of hydrogen-bond acceptors (Lipinski definition) is 3. The molecular formula is C22H28N2O2. The molecule has 2 aromatic carbocycles. The van der Waals surface area contributed by atoms with E-state index in [0.717, 1.165) is 38.3 Å². The van der Waals surface area contributed by atoms with Gasteiger partial charge in [0.1, 0.15) is 5.75 Å². The van der Waals surface area contributed by atoms with Crippen molar-refractivity contribution in [2.45, 2.75) is 26.7 Å². The minimum Gasteiger partial charge on any atom is -0.493 e. The fourth-order valence-electron chi connectivity index (χ4n) is 3.57. The molecule has 1 aliphatic heterocycles. The Morgan fingerprint density at radius 3 is 2.42 bits per heavy atom. The first-order valence-electron chi connectivity index (χ1n) is 9.48. The Morgan fingerprint density at radius 1 is 1.00 bits per heavy atom. The zero-order valence-electron chi connectivity index (χ0n) is 15.8. The molecule has 4 nitrogen and oxygen atoms in total. The zero-order valence-corrected chi connectivity index (χ0v) is 15.8. The molecule has 138 valence electrons. The first-order valence-corrected chi connectivity index (χ1v) is 9.48. The summed E-state index contributed by atoms with van der Waals surface area (Å²) in [4.78, 5) is 16.8. The molecule has 3 rings (SSSR count). The molecule has 1 amide bonds. The lowest BCUT2D eigenvalue weighted by Gasteiger charge is -2.37. The number of carbonyl (C=O) groups excluding carboxylic acids is 1. The van der Waals surface area contributed by atoms with Crippen LogP contribution in [0.5, 0.6) is 5.75 Å². The maximum atomic E-state index is 12.4. The SMILES string of the molecule is CCc1cccc(C)c1N1CCN(C(=O)CCOc2ccccc2)CC1. The van der Waals surface area contributed by atoms with Crippen LogP contribution in [-0.4, -0.2) is 43.6 Å². The van der Waals surface area contributed by atoms with Crippen LogP contribution in [0.2, 0.25) is 0 Å². The standard InChI is InChI=1S/C22H28N2O2/c1-3-19-9-7-8-18(2)22(19)24-15-13-23(14-16-24)21(25)12-17-26-20-10-5-4-6-11-20/h4-11H,3,12-17H2,1-2H3. The number of carbonyl (C=O) groups is 1. The average molecular weight is 352 g/mol. The van der Waals surface area contributed by atoms with Crippen molar-refractivity contribution in [1.29, 1.82) is 0 Å². The van der Waals surface area contributed by atoms with Gasteiger partial charge in [0, 0.05) is 31.9 Å². The molecule has 26 heavy (non-hydrogen) atoms. The van der Waals surface area contributed by atoms with Crippen LogP contribution in [0.1, 0.15) is 24.5 Å². The van der Waals surface area contributed by atoms with Crippen LogP contribution < -0.4 is 9.64 Å². The summed E-state index contributed by atoms with van der Waals surface area (Å²) in [6.07, 6.45) is 1.46. The third-order valence-electron chi connectivity index (χ3n) is 4.98. The number of para-hydroxylation sites is 2. The third kappa shape index (κ3) is 4.37. The van der Waals surface area contributed by atoms with Crippen molar-refractivity contribution in [2.75, 3.05) is 37.7 Å². The summed E-state index contributed by atoms with van der Waals surface area (Å²) in [6, 6.07) is 16.2. The summed E-state index contributed by atoms with van der Waals surface area (Å²) in [5.41, 5.74) is 4.07. The van der Waals surface area contributed by atoms with Crippen molar-refractivity contribution in [3.8, 4) is 5.75 Å². The molecule has 0 saturated carbocycles. The number of aryl methyl sites for hydroxylation is 2. The van der Waals surface area contributed by atoms with Gasteiger partial charge in [-0.15, -0.1) is 0 Å². The van der Waals surface area contributed by atoms with Crippen LogP contribution in [0.25, 0.3) is 0 Å². The van der Waals surface area contributed by atoms with Crippen LogP contribution in [0, 0.1) is 6.92 Å². The highest BCUT2D eigenvalue weighted by Crippen LogP contribution is 2.26. The fraction of sp³-hybridized carbons (Fsp3) is 0.409. The van der Waals surface area contributed by atoms with E-state index in [1.807, 2.05) is 35.2 Å². The topological polar surface area (TPSA) is 32.8 Å². The molecule has 0 radical (unpaired) electrons. The molecule has 1 saturated heterocycles. The van der Waals surface area contributed by atoms with E-state index in [2.05, 4.69) is 36.9 Å². The Balaban J connectivity index is 1.50. The normalized spacial score (nSPS) is 14.4. The van der Waals surface area contributed by atoms with Crippen LogP contribution in [0.15, 0.2) is 48.5 Å². The van der Waals surface area contributed by atoms with Gasteiger partial charge in [-0.1, -0.05) is 43.3 Å². The molecule has 0 unspecified atom stereocenters. The molecule has 1 aliphatic rings. The van der Waals surface area contributed by atoms with Gasteiger partial charge in [0.2, 0.25) is 5.91 Å². The average Bonchev–Trinajstić information content (AvgIpc) is 2.68. The second-order valence-corrected chi connectivity index (χ2v) is 6.72. The minimum absolute atomic E-state index is 0.182. The van der Waals surface area contributed by atoms with Crippen molar-refractivity contribution in [2.24, 2.45) is 0 Å². The Kier molecular flexibility index (Phi) is 6.16. The highest BCUT2D eigenvalue weighted by Gasteiger charge is 2.23. The fourth-order valence-corrected chi connectivity index (χ4v) is 3.57. The van der Waals surface area contributed by atoms with E-state index in [9.17, 15) is 4.79 Å². The molecule has 0 N–H and O–H groups in total. The van der Waals surface area contributed by atoms with E-state index in [4.69, 9.17) is 4.74 Å². The van der Waals surface area contributed by atoms with Gasteiger partial charge in [0.15, 0.2) is 0 Å². The van der Waals surface area contributed by atoms with Crippen molar-refractivity contribution in [3.05, 3.63) is 59.7 Å². The number of nitrogens with zero attached hydrogens (tertiary/aromatic N) is 2. The Bertz CT molecular complexity index is 722. The summed E-state index contributed by atoms with van der Waals surface area (Å²) in [6.45, 7) is 8.15. The lowest BCUT2D eigenvalue weighted by molar-refractivity contribution is -0.132. The lowest BCUT2D eigenvalue weighted by Crippen LogP contribution is -2.49. The van der Waals surface area contributed by atoms with Gasteiger partial charge in [0.25, 0.3) is 0 Å². The molecule has 2 aromatic rings. The van der Waals surface area contributed by atoms with Gasteiger partial charge in [-0.05, 0) is 36.6 Å². The van der Waals surface area contributed by atoms with Crippen LogP contribution in [-0.2, 0) is 11.2 Å². The van der Waals surface area contributed by atoms with Crippen molar-refractivity contribution >= 4 is 11.6 Å². The summed E-state index contributed by atoms with van der Waals surface area (Å²) >= 11 is 0. The number of anilines is 1. The number of benzene rings is 2. The molecule has 0 aliphatic carbocycles. The van der Waals surface area contributed by atoms with Gasteiger partial charge in [-0.25, -0.2) is 0 Å². The predicted octanol–water partition coefficient (Wildman–Crippen LogP) is 3.68. The minimum atomic E-state index is 0.182. The van der Waals surface area contributed by atoms with Gasteiger partial charge in [-0.2, -0.15) is 0 Å². The second kappa shape index (κ2) is 8.75. The van der Waals surface area contributed by atoms with Crippen molar-refractivity contribution < 1.29 is 9.53 Å². The molecule has 0 bridgehead atoms. The van der Waals surface area contributed by atoms with E-state index in [1.54, 1.807) is 0 Å². The van der Waals surface area contributed by atoms with Gasteiger partial charge < -0.3 is 14.5 Å². The molecule has 0 aromatic heterocycles. The van der Waals surface area contributed by atoms with Crippen LogP contribution >= 0.6 is 0 Å². The van der Waals surface area contributed by atoms with Gasteiger partial charge in [-0.3, -0.25) is 4.79 Å². The second-order valence-electron chi connectivity index (χ2n) is 6.72. The smallest absolute Gasteiger partial charge is 0.226 e. The van der Waals surface area contributed by atoms with Crippen LogP contribution in [0.3, 0.4) is 0 Å². The highest BCUT2D eigenvalue weighted by atomic mass is 16.5. The number of rotatable bonds is 6. The van der Waals surface area contributed by atoms with E-state index in [-0.39, 0.29) is 5.91 Å². The largest absolute Gasteiger partial charge is 0.493 e. The summed E-state index contributed by atoms with van der Waals surface area (Å²) < 4.78 is 5.65.